The fraction of sp³-hybridized carbons (Fsp3) is 0.650. The minimum atomic E-state index is -0.263. The van der Waals surface area contributed by atoms with Crippen molar-refractivity contribution in [1.82, 2.24) is 10.2 Å². The van der Waals surface area contributed by atoms with Gasteiger partial charge in [0, 0.05) is 32.1 Å². The quantitative estimate of drug-likeness (QED) is 0.826. The molecular weight excluding hydrogens is 316 g/mol. The van der Waals surface area contributed by atoms with E-state index in [4.69, 9.17) is 4.74 Å². The van der Waals surface area contributed by atoms with Crippen molar-refractivity contribution < 1.29 is 14.6 Å². The Hall–Kier alpha value is -1.43. The standard InChI is InChI=1S/C20H30N2O3/c23-19-9-5-4-8-17(19)13-21-20(24)12-18-15-22(10-11-25-18)14-16-6-2-1-3-7-16/h1-3,6-7,17-19,23H,4-5,8-15H2,(H,21,24)/t17-,18-,19+/m1/s1. The highest BCUT2D eigenvalue weighted by atomic mass is 16.5. The number of rotatable bonds is 6. The van der Waals surface area contributed by atoms with Gasteiger partial charge in [-0.25, -0.2) is 0 Å². The summed E-state index contributed by atoms with van der Waals surface area (Å²) < 4.78 is 5.78. The molecule has 5 heteroatoms. The molecule has 0 radical (unpaired) electrons. The van der Waals surface area contributed by atoms with Crippen LogP contribution in [0.25, 0.3) is 0 Å². The summed E-state index contributed by atoms with van der Waals surface area (Å²) in [7, 11) is 0. The predicted molar refractivity (Wildman–Crippen MR) is 97.1 cm³/mol. The van der Waals surface area contributed by atoms with Crippen LogP contribution in [0, 0.1) is 5.92 Å². The highest BCUT2D eigenvalue weighted by molar-refractivity contribution is 5.76. The van der Waals surface area contributed by atoms with Gasteiger partial charge >= 0.3 is 0 Å². The van der Waals surface area contributed by atoms with Gasteiger partial charge in [-0.3, -0.25) is 9.69 Å². The predicted octanol–water partition coefficient (Wildman–Crippen LogP) is 1.94. The topological polar surface area (TPSA) is 61.8 Å². The summed E-state index contributed by atoms with van der Waals surface area (Å²) in [4.78, 5) is 14.6. The number of hydrogen-bond donors (Lipinski definition) is 2. The molecule has 1 amide bonds. The first-order chi connectivity index (χ1) is 12.2. The van der Waals surface area contributed by atoms with Gasteiger partial charge in [-0.1, -0.05) is 43.2 Å². The van der Waals surface area contributed by atoms with Crippen LogP contribution in [-0.2, 0) is 16.1 Å². The number of hydrogen-bond acceptors (Lipinski definition) is 4. The van der Waals surface area contributed by atoms with E-state index in [2.05, 4.69) is 34.5 Å². The smallest absolute Gasteiger partial charge is 0.222 e. The number of nitrogens with zero attached hydrogens (tertiary/aromatic N) is 1. The zero-order valence-corrected chi connectivity index (χ0v) is 14.9. The van der Waals surface area contributed by atoms with E-state index >= 15 is 0 Å². The van der Waals surface area contributed by atoms with E-state index in [0.717, 1.165) is 45.3 Å². The number of amides is 1. The summed E-state index contributed by atoms with van der Waals surface area (Å²) in [5, 5.41) is 13.0. The van der Waals surface area contributed by atoms with Gasteiger partial charge < -0.3 is 15.2 Å². The Morgan fingerprint density at radius 3 is 2.84 bits per heavy atom. The van der Waals surface area contributed by atoms with Crippen LogP contribution in [0.2, 0.25) is 0 Å². The molecule has 3 rings (SSSR count). The molecule has 1 aliphatic carbocycles. The molecule has 1 aromatic rings. The molecule has 5 nitrogen and oxygen atoms in total. The van der Waals surface area contributed by atoms with Gasteiger partial charge in [-0.2, -0.15) is 0 Å². The fourth-order valence-electron chi connectivity index (χ4n) is 3.84. The van der Waals surface area contributed by atoms with Gasteiger partial charge in [0.15, 0.2) is 0 Å². The molecule has 0 unspecified atom stereocenters. The summed E-state index contributed by atoms with van der Waals surface area (Å²) >= 11 is 0. The van der Waals surface area contributed by atoms with Crippen LogP contribution < -0.4 is 5.32 Å². The number of benzene rings is 1. The monoisotopic (exact) mass is 346 g/mol. The second-order valence-corrected chi connectivity index (χ2v) is 7.33. The molecule has 25 heavy (non-hydrogen) atoms. The summed E-state index contributed by atoms with van der Waals surface area (Å²) in [6, 6.07) is 10.4. The molecule has 1 saturated heterocycles. The largest absolute Gasteiger partial charge is 0.393 e. The van der Waals surface area contributed by atoms with Crippen LogP contribution in [0.15, 0.2) is 30.3 Å². The zero-order chi connectivity index (χ0) is 17.5. The molecule has 2 aliphatic rings. The third kappa shape index (κ3) is 5.80. The minimum Gasteiger partial charge on any atom is -0.393 e. The lowest BCUT2D eigenvalue weighted by Gasteiger charge is -2.33. The third-order valence-electron chi connectivity index (χ3n) is 5.32. The summed E-state index contributed by atoms with van der Waals surface area (Å²) in [6.45, 7) is 3.85. The molecule has 0 spiro atoms. The highest BCUT2D eigenvalue weighted by Crippen LogP contribution is 2.23. The summed E-state index contributed by atoms with van der Waals surface area (Å²) in [5.74, 6) is 0.240. The minimum absolute atomic E-state index is 0.0318. The molecule has 2 fully saturated rings. The maximum absolute atomic E-state index is 12.2. The van der Waals surface area contributed by atoms with Gasteiger partial charge in [0.05, 0.1) is 25.2 Å². The van der Waals surface area contributed by atoms with E-state index in [1.807, 2.05) is 6.07 Å². The van der Waals surface area contributed by atoms with E-state index < -0.39 is 0 Å². The van der Waals surface area contributed by atoms with Crippen molar-refractivity contribution in [1.29, 1.82) is 0 Å². The average Bonchev–Trinajstić information content (AvgIpc) is 2.62. The number of aliphatic hydroxyl groups is 1. The molecule has 3 atom stereocenters. The van der Waals surface area contributed by atoms with Crippen LogP contribution in [-0.4, -0.2) is 54.4 Å². The van der Waals surface area contributed by atoms with E-state index in [1.54, 1.807) is 0 Å². The van der Waals surface area contributed by atoms with Crippen molar-refractivity contribution in [2.24, 2.45) is 5.92 Å². The van der Waals surface area contributed by atoms with Crippen LogP contribution in [0.4, 0.5) is 0 Å². The van der Waals surface area contributed by atoms with Gasteiger partial charge in [-0.05, 0) is 18.4 Å². The summed E-state index contributed by atoms with van der Waals surface area (Å²) in [6.07, 6.45) is 4.20. The van der Waals surface area contributed by atoms with Crippen LogP contribution in [0.1, 0.15) is 37.7 Å². The Balaban J connectivity index is 1.40. The normalized spacial score (nSPS) is 27.8. The Kier molecular flexibility index (Phi) is 6.84. The zero-order valence-electron chi connectivity index (χ0n) is 14.9. The van der Waals surface area contributed by atoms with E-state index in [9.17, 15) is 9.90 Å². The molecule has 2 N–H and O–H groups in total. The Morgan fingerprint density at radius 2 is 2.04 bits per heavy atom. The first kappa shape index (κ1) is 18.4. The first-order valence-electron chi connectivity index (χ1n) is 9.53. The lowest BCUT2D eigenvalue weighted by Crippen LogP contribution is -2.45. The Morgan fingerprint density at radius 1 is 1.24 bits per heavy atom. The Bertz CT molecular complexity index is 537. The molecule has 0 bridgehead atoms. The van der Waals surface area contributed by atoms with Crippen molar-refractivity contribution in [3.63, 3.8) is 0 Å². The van der Waals surface area contributed by atoms with Crippen LogP contribution in [0.5, 0.6) is 0 Å². The lowest BCUT2D eigenvalue weighted by molar-refractivity contribution is -0.126. The number of carbonyl (C=O) groups excluding carboxylic acids is 1. The first-order valence-corrected chi connectivity index (χ1v) is 9.53. The number of ether oxygens (including phenoxy) is 1. The number of carbonyl (C=O) groups is 1. The van der Waals surface area contributed by atoms with Gasteiger partial charge in [0.25, 0.3) is 0 Å². The Labute approximate surface area is 150 Å². The van der Waals surface area contributed by atoms with Crippen LogP contribution >= 0.6 is 0 Å². The molecule has 0 aromatic heterocycles. The number of aliphatic hydroxyl groups excluding tert-OH is 1. The maximum Gasteiger partial charge on any atom is 0.222 e. The fourth-order valence-corrected chi connectivity index (χ4v) is 3.84. The molecule has 1 saturated carbocycles. The van der Waals surface area contributed by atoms with Crippen molar-refractivity contribution in [2.45, 2.75) is 50.9 Å². The second-order valence-electron chi connectivity index (χ2n) is 7.33. The molecule has 1 aliphatic heterocycles. The average molecular weight is 346 g/mol. The highest BCUT2D eigenvalue weighted by Gasteiger charge is 2.25. The van der Waals surface area contributed by atoms with Gasteiger partial charge in [0.1, 0.15) is 0 Å². The second kappa shape index (κ2) is 9.32. The number of nitrogens with one attached hydrogen (secondary N) is 1. The number of morpholine rings is 1. The lowest BCUT2D eigenvalue weighted by atomic mass is 9.86. The van der Waals surface area contributed by atoms with E-state index in [1.165, 1.54) is 5.56 Å². The van der Waals surface area contributed by atoms with Gasteiger partial charge in [-0.15, -0.1) is 0 Å². The maximum atomic E-state index is 12.2. The molecular formula is C20H30N2O3. The van der Waals surface area contributed by atoms with Crippen molar-refractivity contribution in [3.8, 4) is 0 Å². The molecule has 138 valence electrons. The SMILES string of the molecule is O=C(C[C@@H]1CN(Cc2ccccc2)CCO1)NC[C@H]1CCCC[C@@H]1O. The molecule has 1 aromatic carbocycles. The van der Waals surface area contributed by atoms with Crippen LogP contribution in [0.3, 0.4) is 0 Å². The van der Waals surface area contributed by atoms with Gasteiger partial charge in [0.2, 0.25) is 5.91 Å². The van der Waals surface area contributed by atoms with Crippen molar-refractivity contribution >= 4 is 5.91 Å². The van der Waals surface area contributed by atoms with E-state index in [0.29, 0.717) is 19.6 Å². The van der Waals surface area contributed by atoms with Crippen molar-refractivity contribution in [3.05, 3.63) is 35.9 Å². The third-order valence-corrected chi connectivity index (χ3v) is 5.32. The summed E-state index contributed by atoms with van der Waals surface area (Å²) in [5.41, 5.74) is 1.29. The van der Waals surface area contributed by atoms with E-state index in [-0.39, 0.29) is 24.0 Å². The van der Waals surface area contributed by atoms with Crippen molar-refractivity contribution in [2.75, 3.05) is 26.2 Å². The molecule has 1 heterocycles.